The molecule has 3 heteroatoms. The molecule has 4 rings (SSSR count). The third-order valence-corrected chi connectivity index (χ3v) is 6.00. The van der Waals surface area contributed by atoms with Crippen LogP contribution >= 0.6 is 0 Å². The Morgan fingerprint density at radius 3 is 2.00 bits per heavy atom. The number of rotatable bonds is 8. The van der Waals surface area contributed by atoms with Crippen LogP contribution < -0.4 is 5.73 Å². The minimum absolute atomic E-state index is 0.0400. The highest BCUT2D eigenvalue weighted by molar-refractivity contribution is 5.30. The molecule has 0 aliphatic carbocycles. The highest BCUT2D eigenvalue weighted by Crippen LogP contribution is 2.31. The molecule has 1 atom stereocenters. The van der Waals surface area contributed by atoms with Crippen molar-refractivity contribution in [3.05, 3.63) is 107 Å². The summed E-state index contributed by atoms with van der Waals surface area (Å²) in [4.78, 5) is 2.53. The molecule has 0 spiro atoms. The van der Waals surface area contributed by atoms with E-state index in [1.807, 2.05) is 0 Å². The van der Waals surface area contributed by atoms with Crippen LogP contribution in [0.4, 0.5) is 0 Å². The summed E-state index contributed by atoms with van der Waals surface area (Å²) < 4.78 is 6.81. The zero-order chi connectivity index (χ0) is 20.6. The molecule has 1 saturated heterocycles. The van der Waals surface area contributed by atoms with Crippen LogP contribution in [0.25, 0.3) is 0 Å². The molecule has 0 aromatic heterocycles. The summed E-state index contributed by atoms with van der Waals surface area (Å²) in [5.41, 5.74) is 10.7. The van der Waals surface area contributed by atoms with Crippen LogP contribution in [-0.4, -0.2) is 24.2 Å². The van der Waals surface area contributed by atoms with Crippen molar-refractivity contribution in [3.8, 4) is 0 Å². The Bertz CT molecular complexity index is 840. The van der Waals surface area contributed by atoms with E-state index in [9.17, 15) is 0 Å². The van der Waals surface area contributed by atoms with Gasteiger partial charge in [-0.1, -0.05) is 84.9 Å². The van der Waals surface area contributed by atoms with E-state index in [0.717, 1.165) is 25.9 Å². The first-order valence-corrected chi connectivity index (χ1v) is 11.1. The van der Waals surface area contributed by atoms with Crippen molar-refractivity contribution in [3.63, 3.8) is 0 Å². The number of likely N-dealkylation sites (tertiary alicyclic amines) is 1. The highest BCUT2D eigenvalue weighted by Gasteiger charge is 2.27. The van der Waals surface area contributed by atoms with Gasteiger partial charge in [-0.05, 0) is 47.9 Å². The molecule has 3 aromatic carbocycles. The Balaban J connectivity index is 1.47. The second-order valence-electron chi connectivity index (χ2n) is 8.09. The molecule has 1 aliphatic heterocycles. The second-order valence-corrected chi connectivity index (χ2v) is 8.09. The molecule has 0 saturated carbocycles. The van der Waals surface area contributed by atoms with Crippen LogP contribution in [0.15, 0.2) is 84.9 Å². The van der Waals surface area contributed by atoms with E-state index in [2.05, 4.69) is 89.8 Å². The summed E-state index contributed by atoms with van der Waals surface area (Å²) in [5.74, 6) is 0. The Labute approximate surface area is 180 Å². The standard InChI is InChI=1S/C27H32N2O/c28-21-23-16-14-22(15-17-23)18-20-29-19-8-7-13-26(29)30-27(24-9-3-1-4-10-24)25-11-5-2-6-12-25/h1-6,9-12,14-17,26-27H,7-8,13,18-21,28H2. The second kappa shape index (κ2) is 10.5. The SMILES string of the molecule is NCc1ccc(CCN2CCCCC2OC(c2ccccc2)c2ccccc2)cc1. The molecule has 3 aromatic rings. The van der Waals surface area contributed by atoms with Gasteiger partial charge in [-0.25, -0.2) is 0 Å². The van der Waals surface area contributed by atoms with Gasteiger partial charge < -0.3 is 10.5 Å². The van der Waals surface area contributed by atoms with Gasteiger partial charge in [0.05, 0.1) is 0 Å². The zero-order valence-electron chi connectivity index (χ0n) is 17.6. The number of piperidine rings is 1. The minimum atomic E-state index is -0.0400. The van der Waals surface area contributed by atoms with E-state index < -0.39 is 0 Å². The molecule has 1 fully saturated rings. The number of benzene rings is 3. The Kier molecular flexibility index (Phi) is 7.30. The largest absolute Gasteiger partial charge is 0.350 e. The topological polar surface area (TPSA) is 38.5 Å². The van der Waals surface area contributed by atoms with Crippen LogP contribution in [0.1, 0.15) is 47.6 Å². The monoisotopic (exact) mass is 400 g/mol. The number of hydrogen-bond acceptors (Lipinski definition) is 3. The molecular formula is C27H32N2O. The van der Waals surface area contributed by atoms with Gasteiger partial charge in [0.15, 0.2) is 0 Å². The third-order valence-electron chi connectivity index (χ3n) is 6.00. The van der Waals surface area contributed by atoms with Gasteiger partial charge in [-0.2, -0.15) is 0 Å². The van der Waals surface area contributed by atoms with E-state index in [4.69, 9.17) is 10.5 Å². The van der Waals surface area contributed by atoms with E-state index in [1.165, 1.54) is 35.1 Å². The summed E-state index contributed by atoms with van der Waals surface area (Å²) in [5, 5.41) is 0. The fraction of sp³-hybridized carbons (Fsp3) is 0.333. The lowest BCUT2D eigenvalue weighted by Crippen LogP contribution is -2.43. The summed E-state index contributed by atoms with van der Waals surface area (Å²) >= 11 is 0. The van der Waals surface area contributed by atoms with E-state index in [-0.39, 0.29) is 12.3 Å². The summed E-state index contributed by atoms with van der Waals surface area (Å²) in [6, 6.07) is 29.9. The average molecular weight is 401 g/mol. The number of nitrogens with zero attached hydrogens (tertiary/aromatic N) is 1. The quantitative estimate of drug-likeness (QED) is 0.557. The van der Waals surface area contributed by atoms with Crippen LogP contribution in [-0.2, 0) is 17.7 Å². The van der Waals surface area contributed by atoms with E-state index >= 15 is 0 Å². The van der Waals surface area contributed by atoms with Gasteiger partial charge in [-0.15, -0.1) is 0 Å². The maximum Gasteiger partial charge on any atom is 0.111 e. The normalized spacial score (nSPS) is 17.3. The lowest BCUT2D eigenvalue weighted by molar-refractivity contribution is -0.105. The predicted molar refractivity (Wildman–Crippen MR) is 123 cm³/mol. The summed E-state index contributed by atoms with van der Waals surface area (Å²) in [6.45, 7) is 2.72. The molecule has 0 bridgehead atoms. The fourth-order valence-corrected chi connectivity index (χ4v) is 4.25. The Morgan fingerprint density at radius 2 is 1.40 bits per heavy atom. The molecule has 1 aliphatic rings. The van der Waals surface area contributed by atoms with Gasteiger partial charge in [0.2, 0.25) is 0 Å². The molecule has 30 heavy (non-hydrogen) atoms. The number of nitrogens with two attached hydrogens (primary N) is 1. The van der Waals surface area contributed by atoms with E-state index in [1.54, 1.807) is 0 Å². The van der Waals surface area contributed by atoms with Crippen LogP contribution in [0.3, 0.4) is 0 Å². The summed E-state index contributed by atoms with van der Waals surface area (Å²) in [6.07, 6.45) is 4.69. The van der Waals surface area contributed by atoms with Crippen molar-refractivity contribution in [1.29, 1.82) is 0 Å². The van der Waals surface area contributed by atoms with Gasteiger partial charge in [0.25, 0.3) is 0 Å². The first kappa shape index (κ1) is 20.8. The zero-order valence-corrected chi connectivity index (χ0v) is 17.6. The molecule has 3 nitrogen and oxygen atoms in total. The fourth-order valence-electron chi connectivity index (χ4n) is 4.25. The summed E-state index contributed by atoms with van der Waals surface area (Å²) in [7, 11) is 0. The Morgan fingerprint density at radius 1 is 0.800 bits per heavy atom. The molecular weight excluding hydrogens is 368 g/mol. The predicted octanol–water partition coefficient (Wildman–Crippen LogP) is 5.31. The first-order valence-electron chi connectivity index (χ1n) is 11.1. The van der Waals surface area contributed by atoms with Gasteiger partial charge in [-0.3, -0.25) is 4.90 Å². The van der Waals surface area contributed by atoms with Crippen molar-refractivity contribution in [2.45, 2.75) is 44.6 Å². The van der Waals surface area contributed by atoms with Crippen molar-refractivity contribution < 1.29 is 4.74 Å². The molecule has 0 radical (unpaired) electrons. The van der Waals surface area contributed by atoms with Crippen molar-refractivity contribution >= 4 is 0 Å². The molecule has 2 N–H and O–H groups in total. The molecule has 0 amide bonds. The van der Waals surface area contributed by atoms with Gasteiger partial charge >= 0.3 is 0 Å². The lowest BCUT2D eigenvalue weighted by atomic mass is 10.0. The van der Waals surface area contributed by atoms with Crippen molar-refractivity contribution in [2.75, 3.05) is 13.1 Å². The average Bonchev–Trinajstić information content (AvgIpc) is 2.83. The number of hydrogen-bond donors (Lipinski definition) is 1. The van der Waals surface area contributed by atoms with Crippen LogP contribution in [0.5, 0.6) is 0 Å². The first-order chi connectivity index (χ1) is 14.8. The maximum absolute atomic E-state index is 6.81. The Hall–Kier alpha value is -2.46. The van der Waals surface area contributed by atoms with Gasteiger partial charge in [0, 0.05) is 19.6 Å². The highest BCUT2D eigenvalue weighted by atomic mass is 16.5. The maximum atomic E-state index is 6.81. The third kappa shape index (κ3) is 5.37. The van der Waals surface area contributed by atoms with Gasteiger partial charge in [0.1, 0.15) is 12.3 Å². The van der Waals surface area contributed by atoms with Crippen molar-refractivity contribution in [2.24, 2.45) is 5.73 Å². The smallest absolute Gasteiger partial charge is 0.111 e. The minimum Gasteiger partial charge on any atom is -0.350 e. The molecule has 1 heterocycles. The van der Waals surface area contributed by atoms with Crippen LogP contribution in [0.2, 0.25) is 0 Å². The molecule has 156 valence electrons. The lowest BCUT2D eigenvalue weighted by Gasteiger charge is -2.38. The van der Waals surface area contributed by atoms with Crippen molar-refractivity contribution in [1.82, 2.24) is 4.90 Å². The van der Waals surface area contributed by atoms with E-state index in [0.29, 0.717) is 6.54 Å². The molecule has 1 unspecified atom stereocenters. The van der Waals surface area contributed by atoms with Crippen LogP contribution in [0, 0.1) is 0 Å². The number of ether oxygens (including phenoxy) is 1.